The molecule has 4 heterocycles. The summed E-state index contributed by atoms with van der Waals surface area (Å²) in [6.45, 7) is 16.2. The monoisotopic (exact) mass is 1180 g/mol. The molecular weight excluding hydrogens is 1100 g/mol. The molecule has 8 atom stereocenters. The van der Waals surface area contributed by atoms with Gasteiger partial charge < -0.3 is 51.5 Å². The number of thioether (sulfide) groups is 2. The number of unbranched alkanes of at least 4 members (excludes halogenated alkanes) is 2. The number of hydrogen-bond donors (Lipinski definition) is 8. The summed E-state index contributed by atoms with van der Waals surface area (Å²) in [5.41, 5.74) is 0.978. The SMILES string of the molecule is CCCCNC(=O)C(=O)N(CC)CCNC(=O)N[C@@H](C(=O)C[C@H](C(=O)NCCCC)[C@@H]1N[C@@H](C(=O)O)C(C)(C)S1)c1ccccc1.CCN1CCN(C(=O)N[C@@H](C(=O)C[C@@H]2C(=O)N3[C@@H]2SC(C)(C)[C@@H]3C(=O)O)c2ccccc2)C(=O)C1=O. The summed E-state index contributed by atoms with van der Waals surface area (Å²) < 4.78 is -1.45. The van der Waals surface area contributed by atoms with Crippen molar-refractivity contribution < 1.29 is 67.7 Å². The van der Waals surface area contributed by atoms with E-state index in [1.54, 1.807) is 102 Å². The van der Waals surface area contributed by atoms with Gasteiger partial charge in [-0.1, -0.05) is 87.4 Å². The van der Waals surface area contributed by atoms with E-state index in [0.29, 0.717) is 30.8 Å². The Kier molecular flexibility index (Phi) is 23.9. The molecule has 0 aromatic heterocycles. The Morgan fingerprint density at radius 2 is 1.29 bits per heavy atom. The summed E-state index contributed by atoms with van der Waals surface area (Å²) in [6.07, 6.45) is 2.79. The average molecular weight is 1180 g/mol. The van der Waals surface area contributed by atoms with E-state index >= 15 is 0 Å². The lowest BCUT2D eigenvalue weighted by atomic mass is 9.86. The molecule has 0 bridgehead atoms. The van der Waals surface area contributed by atoms with Crippen LogP contribution >= 0.6 is 23.5 Å². The number of nitrogens with zero attached hydrogens (tertiary/aromatic N) is 4. The number of ketones is 2. The molecule has 82 heavy (non-hydrogen) atoms. The fraction of sp³-hybridized carbons (Fsp3) is 0.571. The third-order valence-electron chi connectivity index (χ3n) is 14.6. The number of carboxylic acids is 2. The van der Waals surface area contributed by atoms with Crippen LogP contribution in [0.2, 0.25) is 0 Å². The van der Waals surface area contributed by atoms with Crippen molar-refractivity contribution in [3.05, 3.63) is 71.8 Å². The van der Waals surface area contributed by atoms with Crippen LogP contribution in [0.4, 0.5) is 9.59 Å². The smallest absolute Gasteiger partial charge is 0.327 e. The Morgan fingerprint density at radius 3 is 1.83 bits per heavy atom. The Labute approximate surface area is 486 Å². The molecule has 0 spiro atoms. The number of piperazine rings is 1. The number of carbonyl (C=O) groups is 12. The molecule has 4 fully saturated rings. The fourth-order valence-electron chi connectivity index (χ4n) is 10.0. The number of imide groups is 1. The molecule has 8 N–H and O–H groups in total. The number of fused-ring (bicyclic) bond motifs is 1. The van der Waals surface area contributed by atoms with Gasteiger partial charge in [0.1, 0.15) is 24.2 Å². The maximum Gasteiger partial charge on any atom is 0.327 e. The molecule has 2 aromatic carbocycles. The standard InChI is InChI=1S/C32H50N6O7S.C24H28N4O7S/c1-6-9-16-33-26(40)22(28-37-25(30(43)44)32(4,5)46-28)20-23(39)24(21-14-12-11-13-15-21)36-31(45)35-18-19-38(8-3)29(42)27(41)34-17-10-7-2;1-4-26-10-11-27(20(32)19(26)31)23(35)25-16(13-8-6-5-7-9-13)15(29)12-14-18(30)28-17(22(33)34)24(2,3)36-21(14)28/h11-15,22,24-25,28,37H,6-10,16-20H2,1-5H3,(H,33,40)(H,34,41)(H,43,44)(H2,35,36,45);5-9,14,16-17,21H,4,10-12H2,1-3H3,(H,25,35)(H,33,34)/t22-,24-,25+,28-;14-,16-,17+,21-/m11/s1. The minimum absolute atomic E-state index is 0.000388. The van der Waals surface area contributed by atoms with Crippen molar-refractivity contribution in [3.8, 4) is 0 Å². The summed E-state index contributed by atoms with van der Waals surface area (Å²) in [5, 5.41) is 34.7. The minimum atomic E-state index is -1.15. The maximum absolute atomic E-state index is 13.9. The number of hydrogen-bond acceptors (Lipinski definition) is 15. The summed E-state index contributed by atoms with van der Waals surface area (Å²) in [6, 6.07) is 11.4. The Balaban J connectivity index is 0.000000309. The van der Waals surface area contributed by atoms with Gasteiger partial charge in [0.05, 0.1) is 22.6 Å². The van der Waals surface area contributed by atoms with Crippen molar-refractivity contribution >= 4 is 94.5 Å². The summed E-state index contributed by atoms with van der Waals surface area (Å²) in [4.78, 5) is 157. The second kappa shape index (κ2) is 29.8. The first-order valence-corrected chi connectivity index (χ1v) is 29.4. The van der Waals surface area contributed by atoms with Gasteiger partial charge in [0.2, 0.25) is 11.8 Å². The molecule has 0 aliphatic carbocycles. The van der Waals surface area contributed by atoms with Crippen LogP contribution in [0.1, 0.15) is 117 Å². The van der Waals surface area contributed by atoms with E-state index in [1.165, 1.54) is 38.2 Å². The van der Waals surface area contributed by atoms with Gasteiger partial charge in [-0.2, -0.15) is 0 Å². The first-order valence-electron chi connectivity index (χ1n) is 27.7. The lowest BCUT2D eigenvalue weighted by molar-refractivity contribution is -0.164. The minimum Gasteiger partial charge on any atom is -0.480 e. The van der Waals surface area contributed by atoms with E-state index in [-0.39, 0.29) is 51.5 Å². The van der Waals surface area contributed by atoms with Gasteiger partial charge >= 0.3 is 47.6 Å². The third kappa shape index (κ3) is 16.4. The lowest BCUT2D eigenvalue weighted by Crippen LogP contribution is -2.63. The predicted octanol–water partition coefficient (Wildman–Crippen LogP) is 3.03. The number of amides is 10. The summed E-state index contributed by atoms with van der Waals surface area (Å²) >= 11 is 2.65. The zero-order chi connectivity index (χ0) is 60.6. The van der Waals surface area contributed by atoms with Crippen molar-refractivity contribution in [2.24, 2.45) is 11.8 Å². The molecule has 0 unspecified atom stereocenters. The highest BCUT2D eigenvalue weighted by Crippen LogP contribution is 2.54. The number of aliphatic carboxylic acids is 2. The Hall–Kier alpha value is -7.06. The second-order valence-electron chi connectivity index (χ2n) is 21.2. The molecular formula is C56H78N10O14S2. The maximum atomic E-state index is 13.9. The normalized spacial score (nSPS) is 21.5. The van der Waals surface area contributed by atoms with Crippen molar-refractivity contribution in [2.75, 3.05) is 52.4 Å². The van der Waals surface area contributed by atoms with Gasteiger partial charge in [-0.15, -0.1) is 23.5 Å². The van der Waals surface area contributed by atoms with E-state index in [9.17, 15) is 67.7 Å². The third-order valence-corrected chi connectivity index (χ3v) is 17.8. The number of nitrogens with one attached hydrogen (secondary N) is 6. The number of urea groups is 2. The van der Waals surface area contributed by atoms with Crippen molar-refractivity contribution in [3.63, 3.8) is 0 Å². The van der Waals surface area contributed by atoms with E-state index in [4.69, 9.17) is 0 Å². The van der Waals surface area contributed by atoms with Crippen molar-refractivity contribution in [1.29, 1.82) is 0 Å². The highest BCUT2D eigenvalue weighted by atomic mass is 32.2. The van der Waals surface area contributed by atoms with Crippen LogP contribution in [0.3, 0.4) is 0 Å². The summed E-state index contributed by atoms with van der Waals surface area (Å²) in [7, 11) is 0. The Bertz CT molecular complexity index is 2680. The van der Waals surface area contributed by atoms with Crippen LogP contribution in [0.5, 0.6) is 0 Å². The van der Waals surface area contributed by atoms with E-state index in [1.807, 2.05) is 13.8 Å². The highest BCUT2D eigenvalue weighted by molar-refractivity contribution is 8.01. The van der Waals surface area contributed by atoms with Gasteiger partial charge in [0.25, 0.3) is 0 Å². The lowest BCUT2D eigenvalue weighted by Gasteiger charge is -2.43. The Morgan fingerprint density at radius 1 is 0.707 bits per heavy atom. The van der Waals surface area contributed by atoms with Crippen LogP contribution < -0.4 is 31.9 Å². The summed E-state index contributed by atoms with van der Waals surface area (Å²) in [5.74, 6) is -8.54. The number of β-lactam (4-membered cyclic amide) rings is 1. The van der Waals surface area contributed by atoms with Gasteiger partial charge in [-0.3, -0.25) is 53.4 Å². The number of likely N-dealkylation sites (N-methyl/N-ethyl adjacent to an activating group) is 2. The van der Waals surface area contributed by atoms with Gasteiger partial charge in [0, 0.05) is 74.7 Å². The fourth-order valence-corrected chi connectivity index (χ4v) is 13.2. The first kappa shape index (κ1) is 65.7. The molecule has 0 saturated carbocycles. The number of carbonyl (C=O) groups excluding carboxylic acids is 10. The number of benzene rings is 2. The van der Waals surface area contributed by atoms with Crippen LogP contribution in [0.25, 0.3) is 0 Å². The van der Waals surface area contributed by atoms with E-state index < -0.39 is 121 Å². The van der Waals surface area contributed by atoms with Gasteiger partial charge in [0.15, 0.2) is 11.6 Å². The zero-order valence-corrected chi connectivity index (χ0v) is 49.3. The van der Waals surface area contributed by atoms with Crippen molar-refractivity contribution in [2.45, 2.75) is 138 Å². The van der Waals surface area contributed by atoms with Crippen LogP contribution in [-0.4, -0.2) is 186 Å². The first-order chi connectivity index (χ1) is 38.8. The van der Waals surface area contributed by atoms with Gasteiger partial charge in [-0.05, 0) is 65.5 Å². The molecule has 24 nitrogen and oxygen atoms in total. The quantitative estimate of drug-likeness (QED) is 0.0402. The van der Waals surface area contributed by atoms with Crippen molar-refractivity contribution in [1.82, 2.24) is 51.5 Å². The zero-order valence-electron chi connectivity index (χ0n) is 47.7. The number of rotatable bonds is 25. The average Bonchev–Trinajstić information content (AvgIpc) is 1.94. The molecule has 0 radical (unpaired) electrons. The predicted molar refractivity (Wildman–Crippen MR) is 305 cm³/mol. The topological polar surface area (TPSA) is 330 Å². The highest BCUT2D eigenvalue weighted by Gasteiger charge is 2.64. The van der Waals surface area contributed by atoms with E-state index in [0.717, 1.165) is 30.6 Å². The van der Waals surface area contributed by atoms with E-state index in [2.05, 4.69) is 31.9 Å². The molecule has 4 aliphatic rings. The molecule has 4 aliphatic heterocycles. The molecule has 4 saturated heterocycles. The van der Waals surface area contributed by atoms with Gasteiger partial charge in [-0.25, -0.2) is 14.4 Å². The molecule has 6 rings (SSSR count). The second-order valence-corrected chi connectivity index (χ2v) is 24.8. The molecule has 2 aromatic rings. The molecule has 26 heteroatoms. The van der Waals surface area contributed by atoms with Crippen LogP contribution in [0.15, 0.2) is 60.7 Å². The number of carboxylic acid groups (broad SMARTS) is 2. The molecule has 448 valence electrons. The van der Waals surface area contributed by atoms with Crippen LogP contribution in [0, 0.1) is 11.8 Å². The van der Waals surface area contributed by atoms with Crippen LogP contribution in [-0.2, 0) is 47.9 Å². The molecule has 10 amide bonds. The number of Topliss-reactive ketones (excluding diaryl/α,β-unsaturated/α-hetero) is 2. The largest absolute Gasteiger partial charge is 0.480 e.